The molecule has 8 heteroatoms. The number of hydrogen-bond acceptors (Lipinski definition) is 7. The summed E-state index contributed by atoms with van der Waals surface area (Å²) in [6.45, 7) is 2.15. The largest absolute Gasteiger partial charge is 0.358 e. The topological polar surface area (TPSA) is 76.7 Å². The van der Waals surface area contributed by atoms with Crippen LogP contribution in [0.25, 0.3) is 0 Å². The Labute approximate surface area is 88.6 Å². The molecule has 0 aromatic carbocycles. The normalized spacial score (nSPS) is 10.4. The molecule has 2 aromatic rings. The van der Waals surface area contributed by atoms with Gasteiger partial charge < -0.3 is 9.84 Å². The monoisotopic (exact) mass is 231 g/mol. The van der Waals surface area contributed by atoms with E-state index in [1.807, 2.05) is 0 Å². The smallest absolute Gasteiger partial charge is 0.245 e. The van der Waals surface area contributed by atoms with E-state index in [-0.39, 0.29) is 0 Å². The lowest BCUT2D eigenvalue weighted by Crippen LogP contribution is -2.00. The van der Waals surface area contributed by atoms with Gasteiger partial charge in [0.15, 0.2) is 16.8 Å². The highest BCUT2D eigenvalue weighted by Crippen LogP contribution is 2.18. The van der Waals surface area contributed by atoms with Crippen LogP contribution < -0.4 is 5.32 Å². The second-order valence-corrected chi connectivity index (χ2v) is 3.38. The molecule has 0 amide bonds. The lowest BCUT2D eigenvalue weighted by atomic mass is 10.6. The van der Waals surface area contributed by atoms with E-state index in [9.17, 15) is 0 Å². The van der Waals surface area contributed by atoms with Crippen LogP contribution in [0.4, 0.5) is 5.82 Å². The van der Waals surface area contributed by atoms with Gasteiger partial charge in [0.05, 0.1) is 18.3 Å². The van der Waals surface area contributed by atoms with Gasteiger partial charge in [-0.2, -0.15) is 13.7 Å². The zero-order valence-corrected chi connectivity index (χ0v) is 8.76. The van der Waals surface area contributed by atoms with Crippen LogP contribution in [0.15, 0.2) is 4.52 Å². The maximum Gasteiger partial charge on any atom is 0.245 e. The fourth-order valence-corrected chi connectivity index (χ4v) is 1.54. The van der Waals surface area contributed by atoms with Crippen molar-refractivity contribution in [3.05, 3.63) is 16.9 Å². The second-order valence-electron chi connectivity index (χ2n) is 2.49. The molecule has 0 spiro atoms. The Hall–Kier alpha value is -1.21. The molecule has 74 valence electrons. The van der Waals surface area contributed by atoms with E-state index in [2.05, 4.69) is 24.2 Å². The first-order chi connectivity index (χ1) is 6.75. The van der Waals surface area contributed by atoms with E-state index in [0.717, 1.165) is 11.7 Å². The number of nitrogens with one attached hydrogen (secondary N) is 1. The summed E-state index contributed by atoms with van der Waals surface area (Å²) in [5.74, 6) is 1.63. The summed E-state index contributed by atoms with van der Waals surface area (Å²) in [7, 11) is 0. The van der Waals surface area contributed by atoms with Crippen LogP contribution in [-0.2, 0) is 6.54 Å². The fraction of sp³-hybridized carbons (Fsp3) is 0.333. The average Bonchev–Trinajstić information content (AvgIpc) is 2.72. The molecule has 0 atom stereocenters. The molecule has 0 radical (unpaired) electrons. The van der Waals surface area contributed by atoms with E-state index in [1.54, 1.807) is 6.92 Å². The first kappa shape index (κ1) is 9.35. The van der Waals surface area contributed by atoms with Crippen molar-refractivity contribution in [2.75, 3.05) is 5.32 Å². The number of aryl methyl sites for hydroxylation is 1. The lowest BCUT2D eigenvalue weighted by molar-refractivity contribution is 0.379. The molecule has 0 saturated carbocycles. The molecule has 0 bridgehead atoms. The highest BCUT2D eigenvalue weighted by atomic mass is 35.5. The minimum Gasteiger partial charge on any atom is -0.358 e. The lowest BCUT2D eigenvalue weighted by Gasteiger charge is -1.96. The Morgan fingerprint density at radius 3 is 2.93 bits per heavy atom. The predicted octanol–water partition coefficient (Wildman–Crippen LogP) is 1.50. The van der Waals surface area contributed by atoms with Crippen molar-refractivity contribution in [3.8, 4) is 0 Å². The number of aromatic nitrogens is 4. The molecule has 0 aliphatic heterocycles. The van der Waals surface area contributed by atoms with E-state index < -0.39 is 0 Å². The Morgan fingerprint density at radius 2 is 2.36 bits per heavy atom. The summed E-state index contributed by atoms with van der Waals surface area (Å²) in [6, 6.07) is 0. The van der Waals surface area contributed by atoms with Crippen molar-refractivity contribution in [3.63, 3.8) is 0 Å². The van der Waals surface area contributed by atoms with Crippen LogP contribution in [-0.4, -0.2) is 18.9 Å². The highest BCUT2D eigenvalue weighted by molar-refractivity contribution is 6.99. The van der Waals surface area contributed by atoms with Crippen molar-refractivity contribution in [1.82, 2.24) is 18.9 Å². The molecule has 2 rings (SSSR count). The fourth-order valence-electron chi connectivity index (χ4n) is 0.854. The molecule has 2 heterocycles. The Balaban J connectivity index is 1.98. The molecular weight excluding hydrogens is 226 g/mol. The van der Waals surface area contributed by atoms with Gasteiger partial charge in [0, 0.05) is 0 Å². The summed E-state index contributed by atoms with van der Waals surface area (Å²) in [5.41, 5.74) is 0. The zero-order chi connectivity index (χ0) is 9.97. The quantitative estimate of drug-likeness (QED) is 0.863. The molecule has 6 nitrogen and oxygen atoms in total. The van der Waals surface area contributed by atoms with Gasteiger partial charge in [-0.25, -0.2) is 0 Å². The van der Waals surface area contributed by atoms with Crippen LogP contribution in [0.1, 0.15) is 11.7 Å². The van der Waals surface area contributed by atoms with Crippen LogP contribution >= 0.6 is 23.3 Å². The van der Waals surface area contributed by atoms with Crippen LogP contribution in [0.5, 0.6) is 0 Å². The maximum absolute atomic E-state index is 5.72. The van der Waals surface area contributed by atoms with Crippen LogP contribution in [0, 0.1) is 6.92 Å². The molecule has 2 aromatic heterocycles. The SMILES string of the molecule is Cc1noc(CNc2nsnc2Cl)n1. The average molecular weight is 232 g/mol. The third kappa shape index (κ3) is 1.99. The Morgan fingerprint density at radius 1 is 1.50 bits per heavy atom. The maximum atomic E-state index is 5.72. The van der Waals surface area contributed by atoms with Crippen molar-refractivity contribution in [2.45, 2.75) is 13.5 Å². The highest BCUT2D eigenvalue weighted by Gasteiger charge is 2.07. The number of nitrogens with zero attached hydrogens (tertiary/aromatic N) is 4. The van der Waals surface area contributed by atoms with Crippen molar-refractivity contribution in [2.24, 2.45) is 0 Å². The number of halogens is 1. The minimum atomic E-state index is 0.353. The van der Waals surface area contributed by atoms with E-state index in [0.29, 0.717) is 29.2 Å². The standard InChI is InChI=1S/C6H6ClN5OS/c1-3-9-4(13-10-3)2-8-6-5(7)11-14-12-6/h2H2,1H3,(H,8,12). The van der Waals surface area contributed by atoms with E-state index in [4.69, 9.17) is 16.1 Å². The van der Waals surface area contributed by atoms with Crippen LogP contribution in [0.2, 0.25) is 5.15 Å². The summed E-state index contributed by atoms with van der Waals surface area (Å²) >= 11 is 6.76. The Kier molecular flexibility index (Phi) is 2.60. The number of anilines is 1. The van der Waals surface area contributed by atoms with Crippen molar-refractivity contribution < 1.29 is 4.52 Å². The Bertz CT molecular complexity index is 427. The first-order valence-corrected chi connectivity index (χ1v) is 4.87. The second kappa shape index (κ2) is 3.89. The number of hydrogen-bond donors (Lipinski definition) is 1. The molecule has 0 unspecified atom stereocenters. The van der Waals surface area contributed by atoms with Gasteiger partial charge in [-0.05, 0) is 6.92 Å². The van der Waals surface area contributed by atoms with Gasteiger partial charge in [0.1, 0.15) is 0 Å². The van der Waals surface area contributed by atoms with Gasteiger partial charge in [0.25, 0.3) is 0 Å². The third-order valence-corrected chi connectivity index (χ3v) is 2.32. The van der Waals surface area contributed by atoms with Crippen LogP contribution in [0.3, 0.4) is 0 Å². The molecule has 0 saturated heterocycles. The van der Waals surface area contributed by atoms with Crippen molar-refractivity contribution >= 4 is 29.1 Å². The summed E-state index contributed by atoms with van der Waals surface area (Å²) in [5, 5.41) is 6.93. The third-order valence-electron chi connectivity index (χ3n) is 1.43. The molecule has 0 fully saturated rings. The van der Waals surface area contributed by atoms with Gasteiger partial charge in [-0.1, -0.05) is 16.8 Å². The summed E-state index contributed by atoms with van der Waals surface area (Å²) < 4.78 is 12.6. The van der Waals surface area contributed by atoms with Crippen molar-refractivity contribution in [1.29, 1.82) is 0 Å². The van der Waals surface area contributed by atoms with Gasteiger partial charge in [-0.15, -0.1) is 0 Å². The predicted molar refractivity (Wildman–Crippen MR) is 51.3 cm³/mol. The molecule has 0 aliphatic carbocycles. The first-order valence-electron chi connectivity index (χ1n) is 3.77. The van der Waals surface area contributed by atoms with E-state index >= 15 is 0 Å². The summed E-state index contributed by atoms with van der Waals surface area (Å²) in [6.07, 6.45) is 0. The van der Waals surface area contributed by atoms with Gasteiger partial charge in [-0.3, -0.25) is 0 Å². The van der Waals surface area contributed by atoms with Gasteiger partial charge in [0.2, 0.25) is 5.89 Å². The molecule has 0 aliphatic rings. The summed E-state index contributed by atoms with van der Waals surface area (Å²) in [4.78, 5) is 4.01. The van der Waals surface area contributed by atoms with Gasteiger partial charge >= 0.3 is 0 Å². The molecule has 14 heavy (non-hydrogen) atoms. The van der Waals surface area contributed by atoms with E-state index in [1.165, 1.54) is 0 Å². The molecule has 1 N–H and O–H groups in total. The molecular formula is C6H6ClN5OS. The number of rotatable bonds is 3. The zero-order valence-electron chi connectivity index (χ0n) is 7.19. The minimum absolute atomic E-state index is 0.353.